The van der Waals surface area contributed by atoms with E-state index >= 15 is 0 Å². The molecular formula is C13H28N4O2. The minimum Gasteiger partial charge on any atom is -0.383 e. The molecule has 0 aliphatic carbocycles. The Morgan fingerprint density at radius 1 is 1.47 bits per heavy atom. The van der Waals surface area contributed by atoms with Crippen molar-refractivity contribution in [3.8, 4) is 0 Å². The Morgan fingerprint density at radius 3 is 2.95 bits per heavy atom. The number of nitrogens with one attached hydrogen (secondary N) is 1. The van der Waals surface area contributed by atoms with Crippen LogP contribution in [0.25, 0.3) is 0 Å². The molecular weight excluding hydrogens is 244 g/mol. The first kappa shape index (κ1) is 16.2. The van der Waals surface area contributed by atoms with Crippen LogP contribution in [0, 0.1) is 0 Å². The zero-order valence-corrected chi connectivity index (χ0v) is 12.4. The van der Waals surface area contributed by atoms with E-state index < -0.39 is 0 Å². The zero-order valence-electron chi connectivity index (χ0n) is 12.4. The standard InChI is InChI=1S/C13H28N4O2/c1-11(10-19-3)16-13(14)15-9-12-5-4-6-17(12)7-8-18-2/h11-12H,4-10H2,1-3H3,(H3,14,15,16). The molecule has 19 heavy (non-hydrogen) atoms. The van der Waals surface area contributed by atoms with Gasteiger partial charge in [0.1, 0.15) is 0 Å². The van der Waals surface area contributed by atoms with Crippen LogP contribution in [0.3, 0.4) is 0 Å². The van der Waals surface area contributed by atoms with Crippen molar-refractivity contribution < 1.29 is 9.47 Å². The number of ether oxygens (including phenoxy) is 2. The summed E-state index contributed by atoms with van der Waals surface area (Å²) in [6, 6.07) is 0.676. The van der Waals surface area contributed by atoms with Gasteiger partial charge in [0, 0.05) is 32.8 Å². The number of guanidine groups is 1. The molecule has 0 bridgehead atoms. The van der Waals surface area contributed by atoms with E-state index in [-0.39, 0.29) is 6.04 Å². The molecule has 0 spiro atoms. The molecule has 112 valence electrons. The maximum absolute atomic E-state index is 5.87. The van der Waals surface area contributed by atoms with Crippen LogP contribution in [-0.2, 0) is 9.47 Å². The minimum absolute atomic E-state index is 0.182. The summed E-state index contributed by atoms with van der Waals surface area (Å²) in [5.41, 5.74) is 5.87. The minimum atomic E-state index is 0.182. The molecule has 0 radical (unpaired) electrons. The van der Waals surface area contributed by atoms with E-state index in [1.54, 1.807) is 14.2 Å². The first-order valence-corrected chi connectivity index (χ1v) is 6.95. The predicted molar refractivity (Wildman–Crippen MR) is 77.4 cm³/mol. The summed E-state index contributed by atoms with van der Waals surface area (Å²) < 4.78 is 10.2. The van der Waals surface area contributed by atoms with Gasteiger partial charge in [-0.15, -0.1) is 0 Å². The number of nitrogens with zero attached hydrogens (tertiary/aromatic N) is 2. The van der Waals surface area contributed by atoms with Crippen molar-refractivity contribution in [1.29, 1.82) is 0 Å². The molecule has 0 saturated carbocycles. The smallest absolute Gasteiger partial charge is 0.188 e. The van der Waals surface area contributed by atoms with Crippen molar-refractivity contribution in [3.05, 3.63) is 0 Å². The monoisotopic (exact) mass is 272 g/mol. The maximum atomic E-state index is 5.87. The van der Waals surface area contributed by atoms with Crippen molar-refractivity contribution in [1.82, 2.24) is 10.2 Å². The molecule has 6 heteroatoms. The molecule has 0 aromatic rings. The molecule has 0 amide bonds. The molecule has 3 N–H and O–H groups in total. The van der Waals surface area contributed by atoms with Gasteiger partial charge in [-0.05, 0) is 26.3 Å². The molecule has 1 heterocycles. The number of methoxy groups -OCH3 is 2. The van der Waals surface area contributed by atoms with E-state index in [4.69, 9.17) is 15.2 Å². The third kappa shape index (κ3) is 6.22. The third-order valence-electron chi connectivity index (χ3n) is 3.37. The highest BCUT2D eigenvalue weighted by Gasteiger charge is 2.23. The number of nitrogens with two attached hydrogens (primary N) is 1. The molecule has 0 aromatic heterocycles. The summed E-state index contributed by atoms with van der Waals surface area (Å²) >= 11 is 0. The number of hydrogen-bond acceptors (Lipinski definition) is 4. The zero-order chi connectivity index (χ0) is 14.1. The Bertz CT molecular complexity index is 273. The van der Waals surface area contributed by atoms with Crippen LogP contribution in [0.5, 0.6) is 0 Å². The van der Waals surface area contributed by atoms with Gasteiger partial charge in [0.25, 0.3) is 0 Å². The van der Waals surface area contributed by atoms with E-state index in [0.29, 0.717) is 18.6 Å². The highest BCUT2D eigenvalue weighted by atomic mass is 16.5. The van der Waals surface area contributed by atoms with Gasteiger partial charge in [-0.3, -0.25) is 9.89 Å². The topological polar surface area (TPSA) is 72.1 Å². The van der Waals surface area contributed by atoms with Gasteiger partial charge >= 0.3 is 0 Å². The maximum Gasteiger partial charge on any atom is 0.188 e. The van der Waals surface area contributed by atoms with E-state index in [1.807, 2.05) is 6.92 Å². The van der Waals surface area contributed by atoms with E-state index in [2.05, 4.69) is 15.2 Å². The summed E-state index contributed by atoms with van der Waals surface area (Å²) in [4.78, 5) is 6.86. The highest BCUT2D eigenvalue weighted by Crippen LogP contribution is 2.16. The van der Waals surface area contributed by atoms with Gasteiger partial charge in [0.05, 0.1) is 19.8 Å². The molecule has 2 atom stereocenters. The van der Waals surface area contributed by atoms with Crippen LogP contribution in [-0.4, -0.2) is 70.0 Å². The molecule has 0 aromatic carbocycles. The normalized spacial score (nSPS) is 22.7. The molecule has 1 aliphatic rings. The van der Waals surface area contributed by atoms with Crippen LogP contribution < -0.4 is 11.1 Å². The van der Waals surface area contributed by atoms with Crippen molar-refractivity contribution in [2.24, 2.45) is 10.7 Å². The lowest BCUT2D eigenvalue weighted by Crippen LogP contribution is -2.42. The third-order valence-corrected chi connectivity index (χ3v) is 3.37. The van der Waals surface area contributed by atoms with E-state index in [1.165, 1.54) is 12.8 Å². The second kappa shape index (κ2) is 9.12. The Labute approximate surface area is 116 Å². The van der Waals surface area contributed by atoms with Gasteiger partial charge in [0.15, 0.2) is 5.96 Å². The largest absolute Gasteiger partial charge is 0.383 e. The van der Waals surface area contributed by atoms with Gasteiger partial charge < -0.3 is 20.5 Å². The Balaban J connectivity index is 2.32. The molecule has 1 fully saturated rings. The molecule has 1 aliphatic heterocycles. The van der Waals surface area contributed by atoms with Crippen LogP contribution in [0.15, 0.2) is 4.99 Å². The van der Waals surface area contributed by atoms with Crippen molar-refractivity contribution in [2.75, 3.05) is 47.1 Å². The lowest BCUT2D eigenvalue weighted by molar-refractivity contribution is 0.142. The van der Waals surface area contributed by atoms with Crippen LogP contribution >= 0.6 is 0 Å². The summed E-state index contributed by atoms with van der Waals surface area (Å²) in [5, 5.41) is 3.12. The van der Waals surface area contributed by atoms with Gasteiger partial charge in [-0.2, -0.15) is 0 Å². The number of likely N-dealkylation sites (tertiary alicyclic amines) is 1. The Kier molecular flexibility index (Phi) is 7.78. The first-order chi connectivity index (χ1) is 9.17. The summed E-state index contributed by atoms with van der Waals surface area (Å²) in [7, 11) is 3.42. The first-order valence-electron chi connectivity index (χ1n) is 6.95. The van der Waals surface area contributed by atoms with Crippen molar-refractivity contribution in [2.45, 2.75) is 31.8 Å². The second-order valence-corrected chi connectivity index (χ2v) is 5.05. The van der Waals surface area contributed by atoms with E-state index in [9.17, 15) is 0 Å². The fourth-order valence-electron chi connectivity index (χ4n) is 2.40. The van der Waals surface area contributed by atoms with Crippen LogP contribution in [0.2, 0.25) is 0 Å². The fourth-order valence-corrected chi connectivity index (χ4v) is 2.40. The average Bonchev–Trinajstić information content (AvgIpc) is 2.81. The molecule has 6 nitrogen and oxygen atoms in total. The lowest BCUT2D eigenvalue weighted by Gasteiger charge is -2.23. The lowest BCUT2D eigenvalue weighted by atomic mass is 10.2. The number of aliphatic imine (C=N–C) groups is 1. The quantitative estimate of drug-likeness (QED) is 0.482. The summed E-state index contributed by atoms with van der Waals surface area (Å²) in [6.07, 6.45) is 2.42. The fraction of sp³-hybridized carbons (Fsp3) is 0.923. The molecule has 1 saturated heterocycles. The molecule has 2 unspecified atom stereocenters. The van der Waals surface area contributed by atoms with Crippen LogP contribution in [0.1, 0.15) is 19.8 Å². The number of rotatable bonds is 8. The Morgan fingerprint density at radius 2 is 2.26 bits per heavy atom. The van der Waals surface area contributed by atoms with Gasteiger partial charge in [-0.1, -0.05) is 0 Å². The Hall–Kier alpha value is -0.850. The van der Waals surface area contributed by atoms with Gasteiger partial charge in [0.2, 0.25) is 0 Å². The van der Waals surface area contributed by atoms with Crippen LogP contribution in [0.4, 0.5) is 0 Å². The summed E-state index contributed by atoms with van der Waals surface area (Å²) in [6.45, 7) is 6.29. The summed E-state index contributed by atoms with van der Waals surface area (Å²) in [5.74, 6) is 0.503. The number of hydrogen-bond donors (Lipinski definition) is 2. The predicted octanol–water partition coefficient (Wildman–Crippen LogP) is 0.0364. The highest BCUT2D eigenvalue weighted by molar-refractivity contribution is 5.78. The molecule has 1 rings (SSSR count). The SMILES string of the molecule is COCCN1CCCC1CN=C(N)NC(C)COC. The van der Waals surface area contributed by atoms with Crippen molar-refractivity contribution >= 4 is 5.96 Å². The van der Waals surface area contributed by atoms with Crippen molar-refractivity contribution in [3.63, 3.8) is 0 Å². The van der Waals surface area contributed by atoms with Gasteiger partial charge in [-0.25, -0.2) is 0 Å². The average molecular weight is 272 g/mol. The second-order valence-electron chi connectivity index (χ2n) is 5.05. The van der Waals surface area contributed by atoms with E-state index in [0.717, 1.165) is 26.2 Å².